The Labute approximate surface area is 108 Å². The second-order valence-electron chi connectivity index (χ2n) is 4.57. The minimum atomic E-state index is -0.315. The third-order valence-electron chi connectivity index (χ3n) is 2.88. The van der Waals surface area contributed by atoms with Gasteiger partial charge in [0.2, 0.25) is 5.95 Å². The molecule has 0 atom stereocenters. The molecular formula is C12H13FN6. The first kappa shape index (κ1) is 11.6. The van der Waals surface area contributed by atoms with Crippen LogP contribution in [-0.4, -0.2) is 24.7 Å². The van der Waals surface area contributed by atoms with Crippen molar-refractivity contribution in [3.8, 4) is 11.6 Å². The molecule has 2 heterocycles. The predicted octanol–water partition coefficient (Wildman–Crippen LogP) is 2.12. The normalized spacial score (nSPS) is 11.6. The van der Waals surface area contributed by atoms with Crippen LogP contribution < -0.4 is 5.73 Å². The number of hydrogen-bond acceptors (Lipinski definition) is 4. The minimum Gasteiger partial charge on any atom is -0.366 e. The van der Waals surface area contributed by atoms with E-state index in [9.17, 15) is 4.39 Å². The van der Waals surface area contributed by atoms with Gasteiger partial charge in [-0.3, -0.25) is 5.10 Å². The molecule has 0 spiro atoms. The second kappa shape index (κ2) is 4.04. The molecule has 7 heteroatoms. The summed E-state index contributed by atoms with van der Waals surface area (Å²) in [6.45, 7) is 4.04. The van der Waals surface area contributed by atoms with Crippen molar-refractivity contribution in [2.45, 2.75) is 19.9 Å². The van der Waals surface area contributed by atoms with E-state index in [4.69, 9.17) is 5.73 Å². The number of imidazole rings is 1. The fraction of sp³-hybridized carbons (Fsp3) is 0.250. The monoisotopic (exact) mass is 260 g/mol. The summed E-state index contributed by atoms with van der Waals surface area (Å²) in [5.74, 6) is 0.913. The number of aromatic amines is 1. The first-order valence-electron chi connectivity index (χ1n) is 5.92. The fourth-order valence-corrected chi connectivity index (χ4v) is 2.14. The van der Waals surface area contributed by atoms with Crippen LogP contribution >= 0.6 is 0 Å². The third-order valence-corrected chi connectivity index (χ3v) is 2.88. The highest BCUT2D eigenvalue weighted by Gasteiger charge is 2.17. The van der Waals surface area contributed by atoms with Gasteiger partial charge in [0.05, 0.1) is 11.0 Å². The Balaban J connectivity index is 2.31. The smallest absolute Gasteiger partial charge is 0.239 e. The molecule has 0 saturated carbocycles. The molecule has 0 unspecified atom stereocenters. The van der Waals surface area contributed by atoms with Crippen LogP contribution in [-0.2, 0) is 0 Å². The van der Waals surface area contributed by atoms with Crippen LogP contribution in [0.15, 0.2) is 18.2 Å². The summed E-state index contributed by atoms with van der Waals surface area (Å²) in [4.78, 5) is 8.49. The first-order chi connectivity index (χ1) is 9.06. The zero-order valence-corrected chi connectivity index (χ0v) is 10.6. The number of aromatic nitrogens is 5. The molecule has 3 rings (SSSR count). The number of H-pyrrole nitrogens is 1. The summed E-state index contributed by atoms with van der Waals surface area (Å²) in [5.41, 5.74) is 6.94. The van der Waals surface area contributed by atoms with E-state index < -0.39 is 0 Å². The first-order valence-corrected chi connectivity index (χ1v) is 5.92. The minimum absolute atomic E-state index is 0.150. The van der Waals surface area contributed by atoms with E-state index in [2.05, 4.69) is 20.2 Å². The highest BCUT2D eigenvalue weighted by atomic mass is 19.1. The van der Waals surface area contributed by atoms with Gasteiger partial charge in [-0.25, -0.2) is 9.37 Å². The zero-order chi connectivity index (χ0) is 13.6. The van der Waals surface area contributed by atoms with Gasteiger partial charge in [-0.15, -0.1) is 5.10 Å². The van der Waals surface area contributed by atoms with Crippen molar-refractivity contribution < 1.29 is 4.39 Å². The van der Waals surface area contributed by atoms with Crippen molar-refractivity contribution in [1.82, 2.24) is 24.7 Å². The third kappa shape index (κ3) is 1.83. The Morgan fingerprint density at radius 3 is 2.74 bits per heavy atom. The molecule has 1 aromatic carbocycles. The Bertz CT molecular complexity index is 742. The van der Waals surface area contributed by atoms with Crippen LogP contribution in [0.2, 0.25) is 0 Å². The summed E-state index contributed by atoms with van der Waals surface area (Å²) in [6, 6.07) is 4.68. The topological polar surface area (TPSA) is 85.4 Å². The highest BCUT2D eigenvalue weighted by molar-refractivity contribution is 5.79. The number of nitrogens with two attached hydrogens (primary N) is 1. The van der Waals surface area contributed by atoms with Gasteiger partial charge < -0.3 is 10.3 Å². The van der Waals surface area contributed by atoms with E-state index in [1.165, 1.54) is 12.1 Å². The van der Waals surface area contributed by atoms with Crippen molar-refractivity contribution in [1.29, 1.82) is 0 Å². The van der Waals surface area contributed by atoms with Crippen LogP contribution in [0.4, 0.5) is 10.3 Å². The lowest BCUT2D eigenvalue weighted by Gasteiger charge is -2.11. The van der Waals surface area contributed by atoms with Crippen molar-refractivity contribution in [3.05, 3.63) is 24.0 Å². The Hall–Kier alpha value is -2.44. The van der Waals surface area contributed by atoms with Gasteiger partial charge in [0.25, 0.3) is 0 Å². The fourth-order valence-electron chi connectivity index (χ4n) is 2.14. The van der Waals surface area contributed by atoms with Crippen LogP contribution in [0.5, 0.6) is 0 Å². The van der Waals surface area contributed by atoms with Crippen molar-refractivity contribution in [2.24, 2.45) is 0 Å². The lowest BCUT2D eigenvalue weighted by atomic mass is 10.3. The number of hydrogen-bond donors (Lipinski definition) is 2. The van der Waals surface area contributed by atoms with E-state index in [1.807, 2.05) is 18.4 Å². The van der Waals surface area contributed by atoms with Gasteiger partial charge in [0, 0.05) is 12.1 Å². The van der Waals surface area contributed by atoms with Gasteiger partial charge in [0.1, 0.15) is 5.82 Å². The number of nitrogens with zero attached hydrogens (tertiary/aromatic N) is 4. The summed E-state index contributed by atoms with van der Waals surface area (Å²) < 4.78 is 15.2. The maximum absolute atomic E-state index is 13.3. The van der Waals surface area contributed by atoms with E-state index in [-0.39, 0.29) is 17.8 Å². The highest BCUT2D eigenvalue weighted by Crippen LogP contribution is 2.27. The van der Waals surface area contributed by atoms with Crippen LogP contribution in [0.1, 0.15) is 19.9 Å². The average molecular weight is 260 g/mol. The molecule has 0 amide bonds. The van der Waals surface area contributed by atoms with Gasteiger partial charge in [0.15, 0.2) is 11.6 Å². The zero-order valence-electron chi connectivity index (χ0n) is 10.6. The largest absolute Gasteiger partial charge is 0.366 e. The SMILES string of the molecule is CC(C)n1c(-c2nc(N)n[nH]2)nc2cc(F)ccc21. The maximum Gasteiger partial charge on any atom is 0.239 e. The quantitative estimate of drug-likeness (QED) is 0.739. The summed E-state index contributed by atoms with van der Waals surface area (Å²) in [7, 11) is 0. The molecule has 3 aromatic rings. The van der Waals surface area contributed by atoms with E-state index in [1.54, 1.807) is 6.07 Å². The lowest BCUT2D eigenvalue weighted by molar-refractivity contribution is 0.619. The number of benzene rings is 1. The van der Waals surface area contributed by atoms with Crippen molar-refractivity contribution >= 4 is 17.0 Å². The van der Waals surface area contributed by atoms with E-state index >= 15 is 0 Å². The molecule has 0 aliphatic carbocycles. The molecule has 2 aromatic heterocycles. The standard InChI is InChI=1S/C12H13FN6/c1-6(2)19-9-4-3-7(13)5-8(9)15-11(19)10-16-12(14)18-17-10/h3-6H,1-2H3,(H3,14,16,17,18). The molecule has 6 nitrogen and oxygen atoms in total. The van der Waals surface area contributed by atoms with Crippen molar-refractivity contribution in [2.75, 3.05) is 5.73 Å². The summed E-state index contributed by atoms with van der Waals surface area (Å²) >= 11 is 0. The molecule has 19 heavy (non-hydrogen) atoms. The molecule has 0 saturated heterocycles. The number of rotatable bonds is 2. The second-order valence-corrected chi connectivity index (χ2v) is 4.57. The predicted molar refractivity (Wildman–Crippen MR) is 69.9 cm³/mol. The molecule has 3 N–H and O–H groups in total. The van der Waals surface area contributed by atoms with E-state index in [0.29, 0.717) is 17.2 Å². The molecule has 0 fully saturated rings. The van der Waals surface area contributed by atoms with Crippen LogP contribution in [0.3, 0.4) is 0 Å². The molecular weight excluding hydrogens is 247 g/mol. The number of anilines is 1. The number of nitrogen functional groups attached to an aromatic ring is 1. The summed E-state index contributed by atoms with van der Waals surface area (Å²) in [5, 5.41) is 6.52. The molecule has 0 bridgehead atoms. The average Bonchev–Trinajstić information content (AvgIpc) is 2.91. The number of fused-ring (bicyclic) bond motifs is 1. The van der Waals surface area contributed by atoms with Gasteiger partial charge in [-0.05, 0) is 26.0 Å². The Morgan fingerprint density at radius 2 is 2.11 bits per heavy atom. The number of nitrogens with one attached hydrogen (secondary N) is 1. The molecule has 0 aliphatic heterocycles. The molecule has 0 aliphatic rings. The van der Waals surface area contributed by atoms with E-state index in [0.717, 1.165) is 5.52 Å². The number of halogens is 1. The van der Waals surface area contributed by atoms with Gasteiger partial charge in [-0.2, -0.15) is 4.98 Å². The van der Waals surface area contributed by atoms with Crippen LogP contribution in [0.25, 0.3) is 22.7 Å². The van der Waals surface area contributed by atoms with Gasteiger partial charge >= 0.3 is 0 Å². The summed E-state index contributed by atoms with van der Waals surface area (Å²) in [6.07, 6.45) is 0. The lowest BCUT2D eigenvalue weighted by Crippen LogP contribution is -2.04. The maximum atomic E-state index is 13.3. The molecule has 98 valence electrons. The van der Waals surface area contributed by atoms with Gasteiger partial charge in [-0.1, -0.05) is 0 Å². The Morgan fingerprint density at radius 1 is 1.32 bits per heavy atom. The van der Waals surface area contributed by atoms with Crippen LogP contribution in [0, 0.1) is 5.82 Å². The molecule has 0 radical (unpaired) electrons. The Kier molecular flexibility index (Phi) is 2.48. The van der Waals surface area contributed by atoms with Crippen molar-refractivity contribution in [3.63, 3.8) is 0 Å².